The van der Waals surface area contributed by atoms with Gasteiger partial charge < -0.3 is 9.88 Å². The lowest BCUT2D eigenvalue weighted by molar-refractivity contribution is 0.498. The molecule has 1 aliphatic rings. The maximum atomic E-state index is 4.28. The number of fused-ring (bicyclic) bond motifs is 1. The third-order valence-electron chi connectivity index (χ3n) is 3.39. The molecule has 0 aromatic carbocycles. The smallest absolute Gasteiger partial charge is 0.147 e. The fourth-order valence-electron chi connectivity index (χ4n) is 2.37. The zero-order valence-electron chi connectivity index (χ0n) is 10.4. The van der Waals surface area contributed by atoms with Crippen LogP contribution in [0.2, 0.25) is 0 Å². The second-order valence-corrected chi connectivity index (χ2v) is 5.48. The summed E-state index contributed by atoms with van der Waals surface area (Å²) in [4.78, 5) is 0. The lowest BCUT2D eigenvalue weighted by Crippen LogP contribution is -2.21. The van der Waals surface area contributed by atoms with E-state index in [0.29, 0.717) is 0 Å². The van der Waals surface area contributed by atoms with Gasteiger partial charge in [0, 0.05) is 13.0 Å². The van der Waals surface area contributed by atoms with Crippen molar-refractivity contribution in [2.75, 3.05) is 6.54 Å². The predicted molar refractivity (Wildman–Crippen MR) is 72.7 cm³/mol. The van der Waals surface area contributed by atoms with E-state index < -0.39 is 0 Å². The summed E-state index contributed by atoms with van der Waals surface area (Å²) in [7, 11) is 0. The Morgan fingerprint density at radius 3 is 3.22 bits per heavy atom. The first-order chi connectivity index (χ1) is 8.93. The van der Waals surface area contributed by atoms with Crippen molar-refractivity contribution < 1.29 is 0 Å². The van der Waals surface area contributed by atoms with Crippen LogP contribution in [0.15, 0.2) is 16.8 Å². The Kier molecular flexibility index (Phi) is 3.71. The number of aromatic nitrogens is 3. The Bertz CT molecular complexity index is 489. The van der Waals surface area contributed by atoms with Gasteiger partial charge in [0.2, 0.25) is 0 Å². The van der Waals surface area contributed by atoms with Gasteiger partial charge in [0.1, 0.15) is 11.6 Å². The van der Waals surface area contributed by atoms with E-state index in [9.17, 15) is 0 Å². The van der Waals surface area contributed by atoms with Gasteiger partial charge in [-0.2, -0.15) is 11.3 Å². The van der Waals surface area contributed by atoms with Gasteiger partial charge in [-0.1, -0.05) is 0 Å². The molecule has 2 aromatic heterocycles. The molecule has 3 rings (SSSR count). The third kappa shape index (κ3) is 2.62. The molecule has 0 aliphatic carbocycles. The molecule has 5 heteroatoms. The highest BCUT2D eigenvalue weighted by atomic mass is 32.1. The Morgan fingerprint density at radius 1 is 1.33 bits per heavy atom. The van der Waals surface area contributed by atoms with Gasteiger partial charge in [-0.15, -0.1) is 10.2 Å². The number of nitrogens with zero attached hydrogens (tertiary/aromatic N) is 3. The molecular weight excluding hydrogens is 244 g/mol. The largest absolute Gasteiger partial charge is 0.314 e. The highest BCUT2D eigenvalue weighted by Crippen LogP contribution is 2.14. The van der Waals surface area contributed by atoms with Crippen molar-refractivity contribution >= 4 is 11.3 Å². The highest BCUT2D eigenvalue weighted by Gasteiger charge is 2.14. The summed E-state index contributed by atoms with van der Waals surface area (Å²) in [5, 5.41) is 16.3. The number of aryl methyl sites for hydroxylation is 1. The lowest BCUT2D eigenvalue weighted by atomic mass is 10.2. The fraction of sp³-hybridized carbons (Fsp3) is 0.538. The van der Waals surface area contributed by atoms with Crippen LogP contribution < -0.4 is 5.32 Å². The van der Waals surface area contributed by atoms with Crippen molar-refractivity contribution in [1.82, 2.24) is 20.1 Å². The van der Waals surface area contributed by atoms with Gasteiger partial charge in [-0.25, -0.2) is 0 Å². The minimum absolute atomic E-state index is 0.830. The van der Waals surface area contributed by atoms with Crippen LogP contribution in [0.1, 0.15) is 30.1 Å². The van der Waals surface area contributed by atoms with Gasteiger partial charge >= 0.3 is 0 Å². The zero-order valence-corrected chi connectivity index (χ0v) is 11.2. The van der Waals surface area contributed by atoms with Gasteiger partial charge in [0.15, 0.2) is 0 Å². The number of thiophene rings is 1. The van der Waals surface area contributed by atoms with Crippen molar-refractivity contribution in [1.29, 1.82) is 0 Å². The SMILES string of the molecule is c1cc(CCNCc2nnc3n2CCCC3)cs1. The van der Waals surface area contributed by atoms with E-state index in [1.165, 1.54) is 18.4 Å². The number of rotatable bonds is 5. The first kappa shape index (κ1) is 11.9. The first-order valence-electron chi connectivity index (χ1n) is 6.56. The standard InChI is InChI=1S/C13H18N4S/c1-2-7-17-12(3-1)15-16-13(17)9-14-6-4-11-5-8-18-10-11/h5,8,10,14H,1-4,6-7,9H2. The molecular formula is C13H18N4S. The van der Waals surface area contributed by atoms with Crippen molar-refractivity contribution in [3.05, 3.63) is 34.0 Å². The summed E-state index contributed by atoms with van der Waals surface area (Å²) in [5.41, 5.74) is 1.41. The molecule has 0 spiro atoms. The monoisotopic (exact) mass is 262 g/mol. The Morgan fingerprint density at radius 2 is 2.33 bits per heavy atom. The van der Waals surface area contributed by atoms with E-state index in [2.05, 4.69) is 36.9 Å². The van der Waals surface area contributed by atoms with E-state index in [1.807, 2.05) is 0 Å². The maximum absolute atomic E-state index is 4.28. The van der Waals surface area contributed by atoms with Crippen molar-refractivity contribution in [3.8, 4) is 0 Å². The molecule has 1 N–H and O–H groups in total. The van der Waals surface area contributed by atoms with Crippen molar-refractivity contribution in [2.24, 2.45) is 0 Å². The normalized spacial score (nSPS) is 14.7. The van der Waals surface area contributed by atoms with E-state index in [4.69, 9.17) is 0 Å². The van der Waals surface area contributed by atoms with Crippen LogP contribution in [-0.2, 0) is 25.9 Å². The van der Waals surface area contributed by atoms with Gasteiger partial charge in [0.25, 0.3) is 0 Å². The minimum atomic E-state index is 0.830. The molecule has 0 amide bonds. The average molecular weight is 262 g/mol. The molecule has 96 valence electrons. The highest BCUT2D eigenvalue weighted by molar-refractivity contribution is 7.07. The molecule has 0 fully saturated rings. The predicted octanol–water partition coefficient (Wildman–Crippen LogP) is 2.01. The molecule has 0 bridgehead atoms. The van der Waals surface area contributed by atoms with E-state index >= 15 is 0 Å². The molecule has 0 radical (unpaired) electrons. The zero-order chi connectivity index (χ0) is 12.2. The van der Waals surface area contributed by atoms with Crippen LogP contribution in [-0.4, -0.2) is 21.3 Å². The van der Waals surface area contributed by atoms with Crippen molar-refractivity contribution in [2.45, 2.75) is 38.8 Å². The lowest BCUT2D eigenvalue weighted by Gasteiger charge is -2.14. The van der Waals surface area contributed by atoms with Gasteiger partial charge in [-0.3, -0.25) is 0 Å². The molecule has 3 heterocycles. The number of nitrogens with one attached hydrogen (secondary N) is 1. The van der Waals surface area contributed by atoms with E-state index in [1.54, 1.807) is 11.3 Å². The topological polar surface area (TPSA) is 42.7 Å². The van der Waals surface area contributed by atoms with E-state index in [0.717, 1.165) is 44.1 Å². The van der Waals surface area contributed by atoms with Gasteiger partial charge in [-0.05, 0) is 48.2 Å². The number of hydrogen-bond donors (Lipinski definition) is 1. The van der Waals surface area contributed by atoms with E-state index in [-0.39, 0.29) is 0 Å². The number of hydrogen-bond acceptors (Lipinski definition) is 4. The Hall–Kier alpha value is -1.20. The average Bonchev–Trinajstić information content (AvgIpc) is 3.04. The van der Waals surface area contributed by atoms with Crippen LogP contribution in [0.3, 0.4) is 0 Å². The summed E-state index contributed by atoms with van der Waals surface area (Å²) in [6.45, 7) is 2.92. The molecule has 18 heavy (non-hydrogen) atoms. The van der Waals surface area contributed by atoms with Crippen LogP contribution in [0, 0.1) is 0 Å². The van der Waals surface area contributed by atoms with Crippen LogP contribution in [0.25, 0.3) is 0 Å². The van der Waals surface area contributed by atoms with Gasteiger partial charge in [0.05, 0.1) is 6.54 Å². The molecule has 0 saturated carbocycles. The van der Waals surface area contributed by atoms with Crippen LogP contribution >= 0.6 is 11.3 Å². The first-order valence-corrected chi connectivity index (χ1v) is 7.50. The molecule has 0 unspecified atom stereocenters. The third-order valence-corrected chi connectivity index (χ3v) is 4.12. The second kappa shape index (κ2) is 5.63. The quantitative estimate of drug-likeness (QED) is 0.838. The molecule has 1 aliphatic heterocycles. The second-order valence-electron chi connectivity index (χ2n) is 4.70. The Balaban J connectivity index is 1.49. The molecule has 2 aromatic rings. The minimum Gasteiger partial charge on any atom is -0.314 e. The molecule has 4 nitrogen and oxygen atoms in total. The van der Waals surface area contributed by atoms with Crippen LogP contribution in [0.4, 0.5) is 0 Å². The summed E-state index contributed by atoms with van der Waals surface area (Å²) >= 11 is 1.76. The van der Waals surface area contributed by atoms with Crippen molar-refractivity contribution in [3.63, 3.8) is 0 Å². The van der Waals surface area contributed by atoms with Crippen LogP contribution in [0.5, 0.6) is 0 Å². The molecule has 0 atom stereocenters. The molecule has 0 saturated heterocycles. The summed E-state index contributed by atoms with van der Waals surface area (Å²) in [6.07, 6.45) is 4.68. The fourth-order valence-corrected chi connectivity index (χ4v) is 3.07. The maximum Gasteiger partial charge on any atom is 0.147 e. The summed E-state index contributed by atoms with van der Waals surface area (Å²) < 4.78 is 2.28. The summed E-state index contributed by atoms with van der Waals surface area (Å²) in [5.74, 6) is 2.26. The Labute approximate surface area is 111 Å². The summed E-state index contributed by atoms with van der Waals surface area (Å²) in [6, 6.07) is 2.19.